The number of anilines is 3. The molecule has 0 fully saturated rings. The Morgan fingerprint density at radius 1 is 0.392 bits per heavy atom. The van der Waals surface area contributed by atoms with Crippen LogP contribution < -0.4 is 66.3 Å². The molecule has 79 heavy (non-hydrogen) atoms. The Morgan fingerprint density at radius 2 is 0.658 bits per heavy atom. The van der Waals surface area contributed by atoms with Gasteiger partial charge >= 0.3 is 0 Å². The lowest BCUT2D eigenvalue weighted by molar-refractivity contribution is -0.126. The van der Waals surface area contributed by atoms with Gasteiger partial charge in [-0.1, -0.05) is 36.4 Å². The summed E-state index contributed by atoms with van der Waals surface area (Å²) in [5.41, 5.74) is 39.5. The summed E-state index contributed by atoms with van der Waals surface area (Å²) >= 11 is 4.43. The Labute approximate surface area is 470 Å². The lowest BCUT2D eigenvalue weighted by atomic mass is 9.85. The van der Waals surface area contributed by atoms with E-state index in [0.717, 1.165) is 33.4 Å². The number of hydrogen-bond acceptors (Lipinski definition) is 12. The molecular weight excluding hydrogens is 1060 g/mol. The number of carbonyl (C=O) groups excluding carboxylic acids is 6. The molecule has 0 saturated heterocycles. The molecule has 24 heteroatoms. The smallest absolute Gasteiger partial charge is 0.246 e. The van der Waals surface area contributed by atoms with Gasteiger partial charge in [0.2, 0.25) is 35.4 Å². The molecule has 0 aliphatic rings. The fourth-order valence-corrected chi connectivity index (χ4v) is 10.3. The molecule has 3 atom stereocenters. The molecule has 0 spiro atoms. The highest BCUT2D eigenvalue weighted by molar-refractivity contribution is 7.08. The van der Waals surface area contributed by atoms with Crippen LogP contribution in [0, 0.1) is 0 Å². The fourth-order valence-electron chi connectivity index (χ4n) is 8.33. The molecule has 6 amide bonds. The largest absolute Gasteiger partial charge is 0.370 e. The van der Waals surface area contributed by atoms with Crippen LogP contribution in [0.4, 0.5) is 17.1 Å². The average molecular weight is 1130 g/mol. The van der Waals surface area contributed by atoms with Crippen LogP contribution in [0.1, 0.15) is 77.8 Å². The van der Waals surface area contributed by atoms with Crippen molar-refractivity contribution in [3.05, 3.63) is 157 Å². The number of carbonyl (C=O) groups is 6. The van der Waals surface area contributed by atoms with E-state index >= 15 is 0 Å². The summed E-state index contributed by atoms with van der Waals surface area (Å²) in [6, 6.07) is 24.8. The molecule has 21 nitrogen and oxygen atoms in total. The van der Waals surface area contributed by atoms with Gasteiger partial charge in [0.1, 0.15) is 18.1 Å². The molecule has 0 radical (unpaired) electrons. The normalized spacial score (nSPS) is 12.0. The van der Waals surface area contributed by atoms with Crippen LogP contribution in [0.25, 0.3) is 0 Å². The maximum Gasteiger partial charge on any atom is 0.246 e. The molecule has 0 unspecified atom stereocenters. The summed E-state index contributed by atoms with van der Waals surface area (Å²) in [7, 11) is 0. The molecule has 3 heterocycles. The van der Waals surface area contributed by atoms with Crippen LogP contribution in [0.15, 0.2) is 138 Å². The molecule has 3 aromatic heterocycles. The Kier molecular flexibility index (Phi) is 23.4. The first kappa shape index (κ1) is 59.6. The van der Waals surface area contributed by atoms with Gasteiger partial charge in [0.25, 0.3) is 0 Å². The Hall–Kier alpha value is -8.61. The number of thiophene rings is 3. The number of nitrogens with zero attached hydrogens (tertiary/aromatic N) is 3. The second-order valence-corrected chi connectivity index (χ2v) is 20.7. The van der Waals surface area contributed by atoms with Crippen LogP contribution in [0.2, 0.25) is 0 Å². The number of benzene rings is 3. The minimum Gasteiger partial charge on any atom is -0.370 e. The second kappa shape index (κ2) is 31.0. The van der Waals surface area contributed by atoms with Crippen LogP contribution in [0.3, 0.4) is 0 Å². The van der Waals surface area contributed by atoms with Crippen LogP contribution in [-0.2, 0) is 48.0 Å². The van der Waals surface area contributed by atoms with Crippen molar-refractivity contribution in [2.45, 2.75) is 81.8 Å². The van der Waals surface area contributed by atoms with Gasteiger partial charge in [-0.25, -0.2) is 0 Å². The molecule has 3 aromatic carbocycles. The summed E-state index contributed by atoms with van der Waals surface area (Å²) in [4.78, 5) is 92.7. The lowest BCUT2D eigenvalue weighted by Gasteiger charge is -2.22. The van der Waals surface area contributed by atoms with Crippen molar-refractivity contribution < 1.29 is 28.8 Å². The minimum atomic E-state index is -0.879. The highest BCUT2D eigenvalue weighted by atomic mass is 32.1. The van der Waals surface area contributed by atoms with Crippen molar-refractivity contribution in [3.63, 3.8) is 0 Å². The fraction of sp³-hybridized carbons (Fsp3) is 0.291. The Bertz CT molecular complexity index is 2670. The summed E-state index contributed by atoms with van der Waals surface area (Å²) in [6.07, 6.45) is 2.48. The zero-order valence-corrected chi connectivity index (χ0v) is 45.8. The maximum absolute atomic E-state index is 13.8. The number of nitrogens with two attached hydrogens (primary N) is 6. The monoisotopic (exact) mass is 1130 g/mol. The molecule has 0 aliphatic carbocycles. The molecular formula is C55H67N15O6S3. The van der Waals surface area contributed by atoms with E-state index in [1.165, 1.54) is 34.0 Å². The Balaban J connectivity index is 1.23. The van der Waals surface area contributed by atoms with E-state index in [1.54, 1.807) is 36.4 Å². The van der Waals surface area contributed by atoms with Gasteiger partial charge in [0, 0.05) is 42.6 Å². The highest BCUT2D eigenvalue weighted by Crippen LogP contribution is 2.34. The number of hydrogen-bond donors (Lipinski definition) is 12. The predicted molar refractivity (Wildman–Crippen MR) is 316 cm³/mol. The summed E-state index contributed by atoms with van der Waals surface area (Å²) in [5.74, 6) is -2.79. The SMILES string of the molecule is NC(N)=NCCC[C@@H](NC(=O)Cc1ccsc1)C(=O)Nc1ccc(C(c2ccc(NC(=O)[C@@H](CCCN=C(N)N)NC(=O)Cc3ccsc3)cc2)c2ccc(NC(=O)[C@@H](CCCN=C(N)N)NC(=O)Cc3ccsc3)cc2)cc1. The third-order valence-corrected chi connectivity index (χ3v) is 14.4. The Morgan fingerprint density at radius 3 is 0.886 bits per heavy atom. The third kappa shape index (κ3) is 20.7. The number of rotatable bonds is 30. The number of aliphatic imine (C=N–C) groups is 3. The number of nitrogens with one attached hydrogen (secondary N) is 6. The maximum atomic E-state index is 13.8. The van der Waals surface area contributed by atoms with E-state index in [4.69, 9.17) is 34.4 Å². The minimum absolute atomic E-state index is 0.0694. The molecule has 416 valence electrons. The zero-order valence-electron chi connectivity index (χ0n) is 43.4. The number of amides is 6. The van der Waals surface area contributed by atoms with Crippen molar-refractivity contribution in [1.82, 2.24) is 16.0 Å². The third-order valence-electron chi connectivity index (χ3n) is 12.2. The highest BCUT2D eigenvalue weighted by Gasteiger charge is 2.25. The van der Waals surface area contributed by atoms with Gasteiger partial charge in [0.15, 0.2) is 17.9 Å². The standard InChI is InChI=1S/C55H67N15O6S3/c56-53(57)62-22-1-4-43(68-46(71)28-34-19-25-77-31-34)50(74)65-40-13-7-37(8-14-40)49(38-9-15-41(16-10-38)66-51(75)44(5-2-23-63-54(58)59)69-47(72)29-35-20-26-78-32-35)39-11-17-42(18-12-39)67-52(76)45(6-3-24-64-55(60)61)70-48(73)30-36-21-27-79-33-36/h7-21,25-27,31-33,43-45,49H,1-6,22-24,28-30H2,(H,65,74)(H,66,75)(H,67,76)(H,68,71)(H,69,72)(H,70,73)(H4,56,57,62)(H4,58,59,63)(H4,60,61,64)/t43-,44-,45-/m1/s1. The van der Waals surface area contributed by atoms with Crippen LogP contribution >= 0.6 is 34.0 Å². The van der Waals surface area contributed by atoms with E-state index in [1.807, 2.05) is 86.9 Å². The first-order valence-corrected chi connectivity index (χ1v) is 28.2. The van der Waals surface area contributed by atoms with Crippen molar-refractivity contribution in [1.29, 1.82) is 0 Å². The van der Waals surface area contributed by atoms with Crippen LogP contribution in [0.5, 0.6) is 0 Å². The van der Waals surface area contributed by atoms with Crippen molar-refractivity contribution in [3.8, 4) is 0 Å². The molecule has 0 bridgehead atoms. The zero-order chi connectivity index (χ0) is 56.5. The van der Waals surface area contributed by atoms with Crippen LogP contribution in [-0.4, -0.2) is 91.1 Å². The van der Waals surface area contributed by atoms with E-state index < -0.39 is 41.8 Å². The molecule has 6 aromatic rings. The molecule has 0 aliphatic heterocycles. The van der Waals surface area contributed by atoms with Crippen molar-refractivity contribution in [2.24, 2.45) is 49.4 Å². The molecule has 18 N–H and O–H groups in total. The quantitative estimate of drug-likeness (QED) is 0.0131. The summed E-state index contributed by atoms with van der Waals surface area (Å²) < 4.78 is 0. The van der Waals surface area contributed by atoms with E-state index in [0.29, 0.717) is 36.3 Å². The lowest BCUT2D eigenvalue weighted by Crippen LogP contribution is -2.44. The summed E-state index contributed by atoms with van der Waals surface area (Å²) in [6.45, 7) is 0.824. The van der Waals surface area contributed by atoms with Crippen molar-refractivity contribution >= 4 is 104 Å². The van der Waals surface area contributed by atoms with Gasteiger partial charge in [-0.05, 0) is 159 Å². The second-order valence-electron chi connectivity index (χ2n) is 18.4. The topological polar surface area (TPSA) is 368 Å². The molecule has 0 saturated carbocycles. The van der Waals surface area contributed by atoms with E-state index in [2.05, 4.69) is 46.9 Å². The van der Waals surface area contributed by atoms with E-state index in [9.17, 15) is 28.8 Å². The number of guanidine groups is 3. The van der Waals surface area contributed by atoms with Gasteiger partial charge < -0.3 is 66.3 Å². The van der Waals surface area contributed by atoms with Gasteiger partial charge in [0.05, 0.1) is 19.3 Å². The molecule has 6 rings (SSSR count). The first-order chi connectivity index (χ1) is 38.1. The average Bonchev–Trinajstić information content (AvgIpc) is 4.26. The van der Waals surface area contributed by atoms with E-state index in [-0.39, 0.29) is 93.8 Å². The van der Waals surface area contributed by atoms with Crippen molar-refractivity contribution in [2.75, 3.05) is 35.6 Å². The van der Waals surface area contributed by atoms with Gasteiger partial charge in [-0.15, -0.1) is 0 Å². The van der Waals surface area contributed by atoms with Gasteiger partial charge in [-0.3, -0.25) is 43.7 Å². The predicted octanol–water partition coefficient (Wildman–Crippen LogP) is 4.21. The summed E-state index contributed by atoms with van der Waals surface area (Å²) in [5, 5.41) is 28.8. The van der Waals surface area contributed by atoms with Gasteiger partial charge in [-0.2, -0.15) is 34.0 Å². The first-order valence-electron chi connectivity index (χ1n) is 25.4.